The van der Waals surface area contributed by atoms with Gasteiger partial charge >= 0.3 is 0 Å². The van der Waals surface area contributed by atoms with Crippen molar-refractivity contribution in [3.05, 3.63) is 18.2 Å². The van der Waals surface area contributed by atoms with Crippen molar-refractivity contribution in [3.63, 3.8) is 0 Å². The van der Waals surface area contributed by atoms with Gasteiger partial charge in [-0.25, -0.2) is 8.42 Å². The zero-order chi connectivity index (χ0) is 13.3. The summed E-state index contributed by atoms with van der Waals surface area (Å²) in [6.07, 6.45) is 2.73. The molecule has 1 aromatic carbocycles. The Morgan fingerprint density at radius 3 is 2.67 bits per heavy atom. The van der Waals surface area contributed by atoms with Crippen LogP contribution >= 0.6 is 0 Å². The largest absolute Gasteiger partial charge is 0.372 e. The molecule has 2 rings (SSSR count). The molecule has 0 radical (unpaired) electrons. The molecule has 0 fully saturated rings. The van der Waals surface area contributed by atoms with E-state index in [2.05, 4.69) is 10.6 Å². The standard InChI is InChI=1S/C12H16N2O3S/c1-3-5-9-12(15)14-11-8(13-9)6-4-7-10(11)18(2,16)17/h4,6-7,9,13H,3,5H2,1-2H3,(H,14,15). The molecule has 0 aromatic heterocycles. The first-order valence-corrected chi connectivity index (χ1v) is 7.73. The molecule has 0 saturated carbocycles. The molecule has 0 bridgehead atoms. The Balaban J connectivity index is 2.46. The van der Waals surface area contributed by atoms with E-state index in [9.17, 15) is 13.2 Å². The smallest absolute Gasteiger partial charge is 0.246 e. The van der Waals surface area contributed by atoms with Crippen molar-refractivity contribution in [2.45, 2.75) is 30.7 Å². The third-order valence-electron chi connectivity index (χ3n) is 2.90. The Hall–Kier alpha value is -1.56. The summed E-state index contributed by atoms with van der Waals surface area (Å²) in [6.45, 7) is 2.00. The second kappa shape index (κ2) is 4.61. The van der Waals surface area contributed by atoms with Gasteiger partial charge in [-0.15, -0.1) is 0 Å². The monoisotopic (exact) mass is 268 g/mol. The summed E-state index contributed by atoms with van der Waals surface area (Å²) >= 11 is 0. The van der Waals surface area contributed by atoms with E-state index in [0.29, 0.717) is 17.8 Å². The molecule has 1 aromatic rings. The van der Waals surface area contributed by atoms with Gasteiger partial charge in [0.1, 0.15) is 6.04 Å². The topological polar surface area (TPSA) is 75.3 Å². The van der Waals surface area contributed by atoms with Crippen LogP contribution in [0.2, 0.25) is 0 Å². The number of rotatable bonds is 3. The number of para-hydroxylation sites is 1. The summed E-state index contributed by atoms with van der Waals surface area (Å²) in [5, 5.41) is 5.77. The molecule has 98 valence electrons. The van der Waals surface area contributed by atoms with E-state index < -0.39 is 9.84 Å². The molecule has 0 spiro atoms. The predicted octanol–water partition coefficient (Wildman–Crippen LogP) is 1.62. The van der Waals surface area contributed by atoms with Gasteiger partial charge in [0.05, 0.1) is 16.3 Å². The fourth-order valence-corrected chi connectivity index (χ4v) is 2.90. The van der Waals surface area contributed by atoms with Crippen molar-refractivity contribution in [2.24, 2.45) is 0 Å². The molecule has 0 aliphatic carbocycles. The van der Waals surface area contributed by atoms with Gasteiger partial charge in [0, 0.05) is 6.26 Å². The summed E-state index contributed by atoms with van der Waals surface area (Å²) in [5.74, 6) is -0.180. The Labute approximate surface area is 107 Å². The zero-order valence-electron chi connectivity index (χ0n) is 10.4. The van der Waals surface area contributed by atoms with E-state index in [1.165, 1.54) is 6.07 Å². The van der Waals surface area contributed by atoms with Crippen LogP contribution in [0.5, 0.6) is 0 Å². The normalized spacial score (nSPS) is 18.8. The molecule has 1 amide bonds. The maximum atomic E-state index is 11.9. The molecular formula is C12H16N2O3S. The minimum atomic E-state index is -3.35. The van der Waals surface area contributed by atoms with Gasteiger partial charge in [-0.3, -0.25) is 4.79 Å². The lowest BCUT2D eigenvalue weighted by Crippen LogP contribution is -2.39. The molecule has 18 heavy (non-hydrogen) atoms. The first-order valence-electron chi connectivity index (χ1n) is 5.84. The number of hydrogen-bond donors (Lipinski definition) is 2. The number of anilines is 2. The highest BCUT2D eigenvalue weighted by atomic mass is 32.2. The fourth-order valence-electron chi connectivity index (χ4n) is 2.04. The Kier molecular flexibility index (Phi) is 3.30. The summed E-state index contributed by atoms with van der Waals surface area (Å²) in [4.78, 5) is 12.0. The second-order valence-corrected chi connectivity index (χ2v) is 6.41. The highest BCUT2D eigenvalue weighted by molar-refractivity contribution is 7.90. The van der Waals surface area contributed by atoms with Crippen molar-refractivity contribution in [3.8, 4) is 0 Å². The Morgan fingerprint density at radius 2 is 2.06 bits per heavy atom. The molecule has 1 heterocycles. The van der Waals surface area contributed by atoms with E-state index in [-0.39, 0.29) is 16.8 Å². The fraction of sp³-hybridized carbons (Fsp3) is 0.417. The highest BCUT2D eigenvalue weighted by Crippen LogP contribution is 2.33. The van der Waals surface area contributed by atoms with Gasteiger partial charge in [0.25, 0.3) is 0 Å². The van der Waals surface area contributed by atoms with Crippen LogP contribution in [0.15, 0.2) is 23.1 Å². The minimum absolute atomic E-state index is 0.149. The number of hydrogen-bond acceptors (Lipinski definition) is 4. The van der Waals surface area contributed by atoms with Crippen LogP contribution in [-0.4, -0.2) is 26.6 Å². The molecule has 2 N–H and O–H groups in total. The molecule has 5 nitrogen and oxygen atoms in total. The van der Waals surface area contributed by atoms with Crippen LogP contribution in [0.3, 0.4) is 0 Å². The van der Waals surface area contributed by atoms with E-state index in [0.717, 1.165) is 12.7 Å². The van der Waals surface area contributed by atoms with E-state index in [1.54, 1.807) is 12.1 Å². The van der Waals surface area contributed by atoms with Gasteiger partial charge in [0.2, 0.25) is 5.91 Å². The Bertz CT molecular complexity index is 581. The van der Waals surface area contributed by atoms with Crippen molar-refractivity contribution in [2.75, 3.05) is 16.9 Å². The number of carbonyl (C=O) groups is 1. The van der Waals surface area contributed by atoms with Gasteiger partial charge in [-0.2, -0.15) is 0 Å². The molecule has 1 aliphatic heterocycles. The average Bonchev–Trinajstić information content (AvgIpc) is 2.28. The lowest BCUT2D eigenvalue weighted by molar-refractivity contribution is -0.117. The molecule has 1 aliphatic rings. The predicted molar refractivity (Wildman–Crippen MR) is 70.5 cm³/mol. The summed E-state index contributed by atoms with van der Waals surface area (Å²) in [7, 11) is -3.35. The zero-order valence-corrected chi connectivity index (χ0v) is 11.2. The molecular weight excluding hydrogens is 252 g/mol. The van der Waals surface area contributed by atoms with Gasteiger partial charge in [-0.05, 0) is 18.6 Å². The minimum Gasteiger partial charge on any atom is -0.372 e. The van der Waals surface area contributed by atoms with E-state index >= 15 is 0 Å². The molecule has 1 atom stereocenters. The average molecular weight is 268 g/mol. The van der Waals surface area contributed by atoms with Gasteiger partial charge in [0.15, 0.2) is 9.84 Å². The number of amides is 1. The van der Waals surface area contributed by atoms with E-state index in [4.69, 9.17) is 0 Å². The quantitative estimate of drug-likeness (QED) is 0.873. The summed E-state index contributed by atoms with van der Waals surface area (Å²) < 4.78 is 23.3. The molecule has 6 heteroatoms. The van der Waals surface area contributed by atoms with Crippen molar-refractivity contribution >= 4 is 27.1 Å². The van der Waals surface area contributed by atoms with Crippen LogP contribution in [-0.2, 0) is 14.6 Å². The van der Waals surface area contributed by atoms with Crippen LogP contribution < -0.4 is 10.6 Å². The maximum absolute atomic E-state index is 11.9. The second-order valence-electron chi connectivity index (χ2n) is 4.43. The van der Waals surface area contributed by atoms with Crippen LogP contribution in [0.25, 0.3) is 0 Å². The third kappa shape index (κ3) is 2.33. The number of benzene rings is 1. The molecule has 1 unspecified atom stereocenters. The maximum Gasteiger partial charge on any atom is 0.246 e. The van der Waals surface area contributed by atoms with Crippen molar-refractivity contribution in [1.29, 1.82) is 0 Å². The summed E-state index contributed by atoms with van der Waals surface area (Å²) in [5.41, 5.74) is 1.02. The third-order valence-corrected chi connectivity index (χ3v) is 4.04. The number of fused-ring (bicyclic) bond motifs is 1. The van der Waals surface area contributed by atoms with Crippen molar-refractivity contribution in [1.82, 2.24) is 0 Å². The van der Waals surface area contributed by atoms with Crippen LogP contribution in [0.4, 0.5) is 11.4 Å². The van der Waals surface area contributed by atoms with Crippen molar-refractivity contribution < 1.29 is 13.2 Å². The number of nitrogens with one attached hydrogen (secondary N) is 2. The first kappa shape index (κ1) is 12.9. The molecule has 0 saturated heterocycles. The van der Waals surface area contributed by atoms with Crippen LogP contribution in [0.1, 0.15) is 19.8 Å². The van der Waals surface area contributed by atoms with Crippen LogP contribution in [0, 0.1) is 0 Å². The number of sulfone groups is 1. The lowest BCUT2D eigenvalue weighted by atomic mass is 10.1. The Morgan fingerprint density at radius 1 is 1.33 bits per heavy atom. The number of carbonyl (C=O) groups excluding carboxylic acids is 1. The SMILES string of the molecule is CCCC1Nc2cccc(S(C)(=O)=O)c2NC1=O. The van der Waals surface area contributed by atoms with Gasteiger partial charge < -0.3 is 10.6 Å². The summed E-state index contributed by atoms with van der Waals surface area (Å²) in [6, 6.07) is 4.64. The van der Waals surface area contributed by atoms with E-state index in [1.807, 2.05) is 6.92 Å². The first-order chi connectivity index (χ1) is 8.43. The van der Waals surface area contributed by atoms with Gasteiger partial charge in [-0.1, -0.05) is 19.4 Å². The highest BCUT2D eigenvalue weighted by Gasteiger charge is 2.28. The lowest BCUT2D eigenvalue weighted by Gasteiger charge is -2.27.